The molecule has 0 aliphatic rings. The molecule has 0 amide bonds. The van der Waals surface area contributed by atoms with Gasteiger partial charge in [0.1, 0.15) is 6.33 Å². The maximum absolute atomic E-state index is 5.39. The number of nitrogens with one attached hydrogen (secondary N) is 1. The molecular weight excluding hydrogens is 232 g/mol. The first-order chi connectivity index (χ1) is 8.60. The normalized spacial score (nSPS) is 10.6. The van der Waals surface area contributed by atoms with E-state index < -0.39 is 0 Å². The summed E-state index contributed by atoms with van der Waals surface area (Å²) in [7, 11) is 7.67. The first kappa shape index (κ1) is 14.5. The number of rotatable bonds is 7. The minimum absolute atomic E-state index is 0.488. The van der Waals surface area contributed by atoms with Gasteiger partial charge < -0.3 is 20.0 Å². The highest BCUT2D eigenvalue weighted by molar-refractivity contribution is 5.63. The largest absolute Gasteiger partial charge is 0.490 e. The molecule has 0 saturated heterocycles. The molecule has 102 valence electrons. The lowest BCUT2D eigenvalue weighted by Gasteiger charge is -2.22. The third kappa shape index (κ3) is 3.71. The molecule has 3 N–H and O–H groups in total. The topological polar surface area (TPSA) is 79.5 Å². The highest BCUT2D eigenvalue weighted by Crippen LogP contribution is 2.30. The van der Waals surface area contributed by atoms with Crippen molar-refractivity contribution >= 4 is 11.6 Å². The molecule has 0 aliphatic carbocycles. The molecule has 0 spiro atoms. The number of nitrogens with two attached hydrogens (primary N) is 1. The van der Waals surface area contributed by atoms with Gasteiger partial charge in [-0.3, -0.25) is 0 Å². The van der Waals surface area contributed by atoms with Crippen LogP contribution < -0.4 is 20.9 Å². The SMILES string of the molecule is COc1c(NN)ncnc1N(C)CCCN(C)C. The number of anilines is 2. The molecule has 1 rings (SSSR count). The van der Waals surface area contributed by atoms with E-state index in [-0.39, 0.29) is 0 Å². The van der Waals surface area contributed by atoms with Gasteiger partial charge in [0.25, 0.3) is 0 Å². The van der Waals surface area contributed by atoms with Crippen molar-refractivity contribution in [2.75, 3.05) is 51.7 Å². The Morgan fingerprint density at radius 2 is 2.00 bits per heavy atom. The Bertz CT molecular complexity index is 371. The number of nitrogen functional groups attached to an aromatic ring is 1. The molecule has 0 aliphatic heterocycles. The molecule has 0 fully saturated rings. The number of nitrogens with zero attached hydrogens (tertiary/aromatic N) is 4. The van der Waals surface area contributed by atoms with Gasteiger partial charge in [0.2, 0.25) is 5.75 Å². The average molecular weight is 254 g/mol. The number of hydrogen-bond donors (Lipinski definition) is 2. The Morgan fingerprint density at radius 3 is 2.56 bits per heavy atom. The monoisotopic (exact) mass is 254 g/mol. The van der Waals surface area contributed by atoms with Crippen molar-refractivity contribution in [1.29, 1.82) is 0 Å². The summed E-state index contributed by atoms with van der Waals surface area (Å²) < 4.78 is 5.30. The standard InChI is InChI=1S/C11H22N6O/c1-16(2)6-5-7-17(3)11-9(18-4)10(15-12)13-8-14-11/h8H,5-7,12H2,1-4H3,(H,13,14,15). The zero-order valence-corrected chi connectivity index (χ0v) is 11.5. The van der Waals surface area contributed by atoms with Crippen molar-refractivity contribution in [2.24, 2.45) is 5.84 Å². The van der Waals surface area contributed by atoms with Crippen molar-refractivity contribution in [3.63, 3.8) is 0 Å². The van der Waals surface area contributed by atoms with Gasteiger partial charge in [-0.1, -0.05) is 0 Å². The summed E-state index contributed by atoms with van der Waals surface area (Å²) in [5.41, 5.74) is 2.51. The average Bonchev–Trinajstić information content (AvgIpc) is 2.36. The number of ether oxygens (including phenoxy) is 1. The number of aromatic nitrogens is 2. The van der Waals surface area contributed by atoms with Crippen LogP contribution in [0, 0.1) is 0 Å². The minimum atomic E-state index is 0.488. The van der Waals surface area contributed by atoms with E-state index in [4.69, 9.17) is 10.6 Å². The van der Waals surface area contributed by atoms with Gasteiger partial charge in [-0.15, -0.1) is 0 Å². The molecule has 18 heavy (non-hydrogen) atoms. The molecule has 7 nitrogen and oxygen atoms in total. The lowest BCUT2D eigenvalue weighted by molar-refractivity contribution is 0.398. The molecule has 0 radical (unpaired) electrons. The Balaban J connectivity index is 2.75. The molecule has 0 unspecified atom stereocenters. The lowest BCUT2D eigenvalue weighted by Crippen LogP contribution is -2.25. The first-order valence-corrected chi connectivity index (χ1v) is 5.81. The Kier molecular flexibility index (Phi) is 5.60. The molecule has 7 heteroatoms. The van der Waals surface area contributed by atoms with Crippen LogP contribution in [0.3, 0.4) is 0 Å². The van der Waals surface area contributed by atoms with E-state index in [0.29, 0.717) is 11.6 Å². The lowest BCUT2D eigenvalue weighted by atomic mass is 10.3. The fourth-order valence-corrected chi connectivity index (χ4v) is 1.66. The van der Waals surface area contributed by atoms with Crippen molar-refractivity contribution in [2.45, 2.75) is 6.42 Å². The summed E-state index contributed by atoms with van der Waals surface area (Å²) in [4.78, 5) is 12.4. The van der Waals surface area contributed by atoms with Gasteiger partial charge >= 0.3 is 0 Å². The van der Waals surface area contributed by atoms with Crippen LogP contribution in [0.1, 0.15) is 6.42 Å². The van der Waals surface area contributed by atoms with Crippen LogP contribution in [0.25, 0.3) is 0 Å². The summed E-state index contributed by atoms with van der Waals surface area (Å²) >= 11 is 0. The minimum Gasteiger partial charge on any atom is -0.490 e. The van der Waals surface area contributed by atoms with Crippen molar-refractivity contribution in [1.82, 2.24) is 14.9 Å². The number of hydrazine groups is 1. The second kappa shape index (κ2) is 6.97. The van der Waals surface area contributed by atoms with Gasteiger partial charge in [0.05, 0.1) is 7.11 Å². The fraction of sp³-hybridized carbons (Fsp3) is 0.636. The summed E-state index contributed by atoms with van der Waals surface area (Å²) in [6.45, 7) is 1.91. The van der Waals surface area contributed by atoms with Crippen molar-refractivity contribution < 1.29 is 4.74 Å². The highest BCUT2D eigenvalue weighted by Gasteiger charge is 2.14. The van der Waals surface area contributed by atoms with E-state index >= 15 is 0 Å². The Morgan fingerprint density at radius 1 is 1.28 bits per heavy atom. The predicted molar refractivity (Wildman–Crippen MR) is 72.8 cm³/mol. The van der Waals surface area contributed by atoms with Crippen LogP contribution in [-0.2, 0) is 0 Å². The summed E-state index contributed by atoms with van der Waals surface area (Å²) in [5.74, 6) is 7.18. The smallest absolute Gasteiger partial charge is 0.205 e. The second-order valence-electron chi connectivity index (χ2n) is 4.30. The number of hydrogen-bond acceptors (Lipinski definition) is 7. The van der Waals surface area contributed by atoms with Crippen LogP contribution in [0.4, 0.5) is 11.6 Å². The zero-order chi connectivity index (χ0) is 13.5. The van der Waals surface area contributed by atoms with Crippen LogP contribution in [-0.4, -0.2) is 56.2 Å². The molecular formula is C11H22N6O. The summed E-state index contributed by atoms with van der Waals surface area (Å²) in [6, 6.07) is 0. The molecule has 0 saturated carbocycles. The van der Waals surface area contributed by atoms with Gasteiger partial charge in [-0.25, -0.2) is 15.8 Å². The molecule has 1 aromatic rings. The maximum atomic E-state index is 5.39. The molecule has 1 aromatic heterocycles. The third-order valence-electron chi connectivity index (χ3n) is 2.59. The van der Waals surface area contributed by atoms with E-state index in [2.05, 4.69) is 34.4 Å². The van der Waals surface area contributed by atoms with E-state index in [9.17, 15) is 0 Å². The third-order valence-corrected chi connectivity index (χ3v) is 2.59. The van der Waals surface area contributed by atoms with Crippen LogP contribution in [0.5, 0.6) is 5.75 Å². The quantitative estimate of drug-likeness (QED) is 0.530. The first-order valence-electron chi connectivity index (χ1n) is 5.81. The molecule has 0 aromatic carbocycles. The molecule has 1 heterocycles. The van der Waals surface area contributed by atoms with Crippen molar-refractivity contribution in [3.05, 3.63) is 6.33 Å². The van der Waals surface area contributed by atoms with Gasteiger partial charge in [-0.2, -0.15) is 0 Å². The molecule has 0 atom stereocenters. The van der Waals surface area contributed by atoms with Gasteiger partial charge in [0.15, 0.2) is 11.6 Å². The maximum Gasteiger partial charge on any atom is 0.205 e. The van der Waals surface area contributed by atoms with E-state index in [1.807, 2.05) is 11.9 Å². The van der Waals surface area contributed by atoms with Gasteiger partial charge in [0, 0.05) is 13.6 Å². The fourth-order valence-electron chi connectivity index (χ4n) is 1.66. The van der Waals surface area contributed by atoms with Crippen LogP contribution in [0.15, 0.2) is 6.33 Å². The Hall–Kier alpha value is -1.60. The van der Waals surface area contributed by atoms with Crippen LogP contribution >= 0.6 is 0 Å². The highest BCUT2D eigenvalue weighted by atomic mass is 16.5. The van der Waals surface area contributed by atoms with E-state index in [0.717, 1.165) is 25.3 Å². The predicted octanol–water partition coefficient (Wildman–Crippen LogP) is 0.159. The second-order valence-corrected chi connectivity index (χ2v) is 4.30. The van der Waals surface area contributed by atoms with Gasteiger partial charge in [-0.05, 0) is 27.1 Å². The molecule has 0 bridgehead atoms. The summed E-state index contributed by atoms with van der Waals surface area (Å²) in [6.07, 6.45) is 2.51. The van der Waals surface area contributed by atoms with E-state index in [1.165, 1.54) is 6.33 Å². The van der Waals surface area contributed by atoms with E-state index in [1.54, 1.807) is 7.11 Å². The number of methoxy groups -OCH3 is 1. The summed E-state index contributed by atoms with van der Waals surface area (Å²) in [5, 5.41) is 0. The Labute approximate surface area is 108 Å². The van der Waals surface area contributed by atoms with Crippen molar-refractivity contribution in [3.8, 4) is 5.75 Å². The van der Waals surface area contributed by atoms with Crippen LogP contribution in [0.2, 0.25) is 0 Å². The zero-order valence-electron chi connectivity index (χ0n) is 11.5.